The van der Waals surface area contributed by atoms with Gasteiger partial charge in [-0.3, -0.25) is 0 Å². The Morgan fingerprint density at radius 1 is 1.25 bits per heavy atom. The summed E-state index contributed by atoms with van der Waals surface area (Å²) in [5.74, 6) is 0. The number of aryl methyl sites for hydroxylation is 1. The molecule has 0 saturated carbocycles. The first-order valence-corrected chi connectivity index (χ1v) is 9.95. The highest BCUT2D eigenvalue weighted by Gasteiger charge is 2.49. The van der Waals surface area contributed by atoms with E-state index in [9.17, 15) is 13.5 Å². The average molecular weight is 364 g/mol. The van der Waals surface area contributed by atoms with Crippen LogP contribution in [0.2, 0.25) is 0 Å². The topological polar surface area (TPSA) is 70.0 Å². The molecule has 1 aliphatic heterocycles. The number of hydrogen-bond acceptors (Lipinski definition) is 5. The van der Waals surface area contributed by atoms with Crippen molar-refractivity contribution in [2.45, 2.75) is 31.7 Å². The SMILES string of the molecule is Cc1ccc(S(=O)(=O)N2N=C(c3cccs3)C(C)(C)C2CO)cc1. The maximum atomic E-state index is 13.0. The van der Waals surface area contributed by atoms with E-state index in [4.69, 9.17) is 0 Å². The number of aliphatic hydroxyl groups is 1. The van der Waals surface area contributed by atoms with Crippen LogP contribution in [0.15, 0.2) is 51.8 Å². The Kier molecular flexibility index (Phi) is 4.27. The van der Waals surface area contributed by atoms with Gasteiger partial charge in [0.15, 0.2) is 0 Å². The summed E-state index contributed by atoms with van der Waals surface area (Å²) in [5, 5.41) is 16.2. The maximum absolute atomic E-state index is 13.0. The van der Waals surface area contributed by atoms with Crippen LogP contribution >= 0.6 is 11.3 Å². The molecule has 0 saturated heterocycles. The van der Waals surface area contributed by atoms with Crippen molar-refractivity contribution in [2.24, 2.45) is 10.5 Å². The number of thiophene rings is 1. The molecule has 3 rings (SSSR count). The highest BCUT2D eigenvalue weighted by molar-refractivity contribution is 7.89. The van der Waals surface area contributed by atoms with Gasteiger partial charge in [-0.05, 0) is 30.5 Å². The Balaban J connectivity index is 2.10. The summed E-state index contributed by atoms with van der Waals surface area (Å²) in [6, 6.07) is 9.85. The number of hydrazone groups is 1. The molecule has 5 nitrogen and oxygen atoms in total. The van der Waals surface area contributed by atoms with E-state index >= 15 is 0 Å². The number of nitrogens with zero attached hydrogens (tertiary/aromatic N) is 2. The number of rotatable bonds is 4. The molecule has 0 radical (unpaired) electrons. The molecule has 0 fully saturated rings. The fourth-order valence-electron chi connectivity index (χ4n) is 2.85. The van der Waals surface area contributed by atoms with E-state index in [1.54, 1.807) is 24.3 Å². The Bertz CT molecular complexity index is 854. The number of sulfonamides is 1. The van der Waals surface area contributed by atoms with Crippen LogP contribution in [0.25, 0.3) is 0 Å². The van der Waals surface area contributed by atoms with Crippen LogP contribution < -0.4 is 0 Å². The van der Waals surface area contributed by atoms with Crippen molar-refractivity contribution in [3.63, 3.8) is 0 Å². The van der Waals surface area contributed by atoms with Gasteiger partial charge in [0, 0.05) is 5.41 Å². The Labute approximate surface area is 146 Å². The smallest absolute Gasteiger partial charge is 0.279 e. The molecule has 0 aliphatic carbocycles. The van der Waals surface area contributed by atoms with Gasteiger partial charge in [0.1, 0.15) is 0 Å². The minimum atomic E-state index is -3.82. The van der Waals surface area contributed by atoms with Crippen molar-refractivity contribution in [1.82, 2.24) is 4.41 Å². The van der Waals surface area contributed by atoms with Crippen molar-refractivity contribution < 1.29 is 13.5 Å². The maximum Gasteiger partial charge on any atom is 0.279 e. The zero-order valence-electron chi connectivity index (χ0n) is 13.8. The summed E-state index contributed by atoms with van der Waals surface area (Å²) in [5.41, 5.74) is 1.08. The first-order valence-electron chi connectivity index (χ1n) is 7.63. The second-order valence-electron chi connectivity index (χ2n) is 6.44. The minimum absolute atomic E-state index is 0.179. The van der Waals surface area contributed by atoms with Gasteiger partial charge >= 0.3 is 0 Å². The molecule has 7 heteroatoms. The number of hydrogen-bond donors (Lipinski definition) is 1. The van der Waals surface area contributed by atoms with E-state index < -0.39 is 21.5 Å². The van der Waals surface area contributed by atoms with Crippen molar-refractivity contribution in [1.29, 1.82) is 0 Å². The Hall–Kier alpha value is -1.70. The summed E-state index contributed by atoms with van der Waals surface area (Å²) in [6.45, 7) is 5.43. The molecule has 0 spiro atoms. The summed E-state index contributed by atoms with van der Waals surface area (Å²) in [4.78, 5) is 1.10. The molecular formula is C17H20N2O3S2. The van der Waals surface area contributed by atoms with Crippen LogP contribution in [-0.4, -0.2) is 36.3 Å². The standard InChI is InChI=1S/C17H20N2O3S2/c1-12-6-8-13(9-7-12)24(21,22)19-15(11-20)17(2,3)16(18-19)14-5-4-10-23-14/h4-10,15,20H,11H2,1-3H3. The highest BCUT2D eigenvalue weighted by Crippen LogP contribution is 2.40. The quantitative estimate of drug-likeness (QED) is 0.907. The zero-order chi connectivity index (χ0) is 17.5. The molecule has 2 heterocycles. The van der Waals surface area contributed by atoms with Crippen LogP contribution in [0, 0.1) is 12.3 Å². The monoisotopic (exact) mass is 364 g/mol. The molecule has 1 aromatic heterocycles. The molecule has 0 bridgehead atoms. The van der Waals surface area contributed by atoms with Gasteiger partial charge in [-0.2, -0.15) is 17.9 Å². The lowest BCUT2D eigenvalue weighted by Crippen LogP contribution is -2.44. The van der Waals surface area contributed by atoms with E-state index in [2.05, 4.69) is 5.10 Å². The van der Waals surface area contributed by atoms with Crippen LogP contribution in [0.4, 0.5) is 0 Å². The third-order valence-corrected chi connectivity index (χ3v) is 6.97. The molecule has 1 unspecified atom stereocenters. The van der Waals surface area contributed by atoms with Crippen molar-refractivity contribution in [2.75, 3.05) is 6.61 Å². The minimum Gasteiger partial charge on any atom is -0.394 e. The molecule has 1 atom stereocenters. The van der Waals surface area contributed by atoms with Gasteiger partial charge < -0.3 is 5.11 Å². The van der Waals surface area contributed by atoms with E-state index in [1.807, 2.05) is 38.3 Å². The van der Waals surface area contributed by atoms with Crippen LogP contribution in [0.1, 0.15) is 24.3 Å². The number of aliphatic hydroxyl groups excluding tert-OH is 1. The van der Waals surface area contributed by atoms with Gasteiger partial charge in [-0.25, -0.2) is 0 Å². The lowest BCUT2D eigenvalue weighted by Gasteiger charge is -2.30. The largest absolute Gasteiger partial charge is 0.394 e. The Morgan fingerprint density at radius 3 is 2.46 bits per heavy atom. The molecule has 2 aromatic rings. The molecule has 24 heavy (non-hydrogen) atoms. The van der Waals surface area contributed by atoms with Gasteiger partial charge in [0.2, 0.25) is 0 Å². The third-order valence-electron chi connectivity index (χ3n) is 4.40. The molecule has 1 aromatic carbocycles. The summed E-state index contributed by atoms with van der Waals surface area (Å²) < 4.78 is 27.1. The fraction of sp³-hybridized carbons (Fsp3) is 0.353. The summed E-state index contributed by atoms with van der Waals surface area (Å²) >= 11 is 1.51. The molecule has 128 valence electrons. The predicted molar refractivity (Wildman–Crippen MR) is 95.7 cm³/mol. The summed E-state index contributed by atoms with van der Waals surface area (Å²) in [7, 11) is -3.82. The number of benzene rings is 1. The normalized spacial score (nSPS) is 20.2. The van der Waals surface area contributed by atoms with Crippen molar-refractivity contribution >= 4 is 27.1 Å². The second-order valence-corrected chi connectivity index (χ2v) is 9.18. The van der Waals surface area contributed by atoms with E-state index in [-0.39, 0.29) is 11.5 Å². The van der Waals surface area contributed by atoms with Gasteiger partial charge in [0.05, 0.1) is 28.1 Å². The fourth-order valence-corrected chi connectivity index (χ4v) is 5.28. The first-order chi connectivity index (χ1) is 11.3. The van der Waals surface area contributed by atoms with E-state index in [1.165, 1.54) is 11.3 Å². The molecule has 0 amide bonds. The van der Waals surface area contributed by atoms with E-state index in [0.717, 1.165) is 14.9 Å². The lowest BCUT2D eigenvalue weighted by atomic mass is 9.81. The van der Waals surface area contributed by atoms with Crippen LogP contribution in [0.3, 0.4) is 0 Å². The lowest BCUT2D eigenvalue weighted by molar-refractivity contribution is 0.150. The van der Waals surface area contributed by atoms with Crippen molar-refractivity contribution in [3.05, 3.63) is 52.2 Å². The summed E-state index contributed by atoms with van der Waals surface area (Å²) in [6.07, 6.45) is 0. The third kappa shape index (κ3) is 2.66. The average Bonchev–Trinajstić information content (AvgIpc) is 3.12. The Morgan fingerprint density at radius 2 is 1.92 bits per heavy atom. The molecular weight excluding hydrogens is 344 g/mol. The molecule has 1 aliphatic rings. The zero-order valence-corrected chi connectivity index (χ0v) is 15.4. The highest BCUT2D eigenvalue weighted by atomic mass is 32.2. The second kappa shape index (κ2) is 5.98. The molecule has 1 N–H and O–H groups in total. The predicted octanol–water partition coefficient (Wildman–Crippen LogP) is 2.85. The van der Waals surface area contributed by atoms with Crippen LogP contribution in [-0.2, 0) is 10.0 Å². The van der Waals surface area contributed by atoms with E-state index in [0.29, 0.717) is 5.71 Å². The van der Waals surface area contributed by atoms with Crippen LogP contribution in [0.5, 0.6) is 0 Å². The van der Waals surface area contributed by atoms with Gasteiger partial charge in [-0.15, -0.1) is 11.3 Å². The first kappa shape index (κ1) is 17.1. The van der Waals surface area contributed by atoms with Gasteiger partial charge in [0.25, 0.3) is 10.0 Å². The van der Waals surface area contributed by atoms with Crippen molar-refractivity contribution in [3.8, 4) is 0 Å². The van der Waals surface area contributed by atoms with Gasteiger partial charge in [-0.1, -0.05) is 37.6 Å².